The zero-order valence-corrected chi connectivity index (χ0v) is 16.1. The Morgan fingerprint density at radius 1 is 1.23 bits per heavy atom. The van der Waals surface area contributed by atoms with Crippen molar-refractivity contribution in [3.05, 3.63) is 34.9 Å². The topological polar surface area (TPSA) is 107 Å². The van der Waals surface area contributed by atoms with Crippen LogP contribution in [-0.2, 0) is 11.2 Å². The number of carboxylic acid groups (broad SMARTS) is 1. The van der Waals surface area contributed by atoms with Gasteiger partial charge in [0.05, 0.1) is 5.92 Å². The molecule has 1 aliphatic heterocycles. The molecule has 1 heterocycles. The van der Waals surface area contributed by atoms with Crippen molar-refractivity contribution in [2.75, 3.05) is 26.7 Å². The van der Waals surface area contributed by atoms with Crippen LogP contribution >= 0.6 is 11.6 Å². The van der Waals surface area contributed by atoms with Gasteiger partial charge in [0.25, 0.3) is 0 Å². The van der Waals surface area contributed by atoms with E-state index in [-0.39, 0.29) is 11.8 Å². The van der Waals surface area contributed by atoms with E-state index in [0.29, 0.717) is 19.3 Å². The van der Waals surface area contributed by atoms with Crippen molar-refractivity contribution in [3.63, 3.8) is 0 Å². The van der Waals surface area contributed by atoms with Gasteiger partial charge in [-0.2, -0.15) is 0 Å². The zero-order chi connectivity index (χ0) is 19.5. The predicted octanol–water partition coefficient (Wildman–Crippen LogP) is 1.73. The van der Waals surface area contributed by atoms with Crippen molar-refractivity contribution < 1.29 is 19.9 Å². The van der Waals surface area contributed by atoms with E-state index < -0.39 is 13.1 Å². The lowest BCUT2D eigenvalue weighted by Crippen LogP contribution is -2.24. The molecular weight excluding hydrogens is 354 g/mol. The molecule has 0 bridgehead atoms. The number of carboxylic acids is 1. The van der Waals surface area contributed by atoms with Crippen LogP contribution < -0.4 is 5.73 Å². The van der Waals surface area contributed by atoms with E-state index in [4.69, 9.17) is 21.6 Å². The summed E-state index contributed by atoms with van der Waals surface area (Å²) in [5, 5.41) is 28.0. The van der Waals surface area contributed by atoms with Crippen molar-refractivity contribution in [3.8, 4) is 0 Å². The third-order valence-electron chi connectivity index (χ3n) is 4.72. The molecule has 2 rings (SSSR count). The average Bonchev–Trinajstić information content (AvgIpc) is 3.01. The highest BCUT2D eigenvalue weighted by Crippen LogP contribution is 2.28. The monoisotopic (exact) mass is 384 g/mol. The molecule has 6 nitrogen and oxygen atoms in total. The first-order chi connectivity index (χ1) is 12.5. The fraction of sp³-hybridized carbons (Fsp3) is 0.611. The number of hydrogen-bond acceptors (Lipinski definition) is 5. The molecule has 146 valence electrons. The van der Waals surface area contributed by atoms with Crippen LogP contribution in [0.15, 0.2) is 24.3 Å². The van der Waals surface area contributed by atoms with Crippen molar-refractivity contribution >= 4 is 24.7 Å². The van der Waals surface area contributed by atoms with Gasteiger partial charge in [-0.15, -0.1) is 0 Å². The molecule has 2 unspecified atom stereocenters. The Morgan fingerprint density at radius 2 is 1.88 bits per heavy atom. The van der Waals surface area contributed by atoms with Crippen LogP contribution in [0.3, 0.4) is 0 Å². The first-order valence-electron chi connectivity index (χ1n) is 9.09. The summed E-state index contributed by atoms with van der Waals surface area (Å²) in [6.07, 6.45) is 3.61. The lowest BCUT2D eigenvalue weighted by atomic mass is 9.80. The SMILES string of the molecule is CN.O=C(O)C1CN(CCCc2ccc(Cl)cc2)CC1CCCB(O)O. The van der Waals surface area contributed by atoms with Crippen LogP contribution in [0.1, 0.15) is 24.8 Å². The highest BCUT2D eigenvalue weighted by Gasteiger charge is 2.36. The molecule has 0 aliphatic carbocycles. The largest absolute Gasteiger partial charge is 0.481 e. The minimum Gasteiger partial charge on any atom is -0.481 e. The van der Waals surface area contributed by atoms with Crippen molar-refractivity contribution in [1.29, 1.82) is 0 Å². The number of halogens is 1. The first kappa shape index (κ1) is 22.9. The molecule has 0 radical (unpaired) electrons. The molecule has 1 aliphatic rings. The van der Waals surface area contributed by atoms with E-state index in [9.17, 15) is 9.90 Å². The number of aliphatic carboxylic acids is 1. The smallest absolute Gasteiger partial charge is 0.451 e. The molecule has 0 amide bonds. The van der Waals surface area contributed by atoms with Crippen molar-refractivity contribution in [2.45, 2.75) is 32.0 Å². The fourth-order valence-electron chi connectivity index (χ4n) is 3.44. The van der Waals surface area contributed by atoms with Crippen molar-refractivity contribution in [1.82, 2.24) is 4.90 Å². The summed E-state index contributed by atoms with van der Waals surface area (Å²) in [5.41, 5.74) is 5.74. The average molecular weight is 385 g/mol. The van der Waals surface area contributed by atoms with Crippen molar-refractivity contribution in [2.24, 2.45) is 17.6 Å². The van der Waals surface area contributed by atoms with Gasteiger partial charge in [-0.3, -0.25) is 4.79 Å². The van der Waals surface area contributed by atoms with E-state index in [1.165, 1.54) is 12.6 Å². The molecule has 0 spiro atoms. The maximum Gasteiger partial charge on any atom is 0.451 e. The van der Waals surface area contributed by atoms with Gasteiger partial charge in [-0.25, -0.2) is 0 Å². The Bertz CT molecular complexity index is 530. The van der Waals surface area contributed by atoms with E-state index in [1.807, 2.05) is 24.3 Å². The number of benzene rings is 1. The van der Waals surface area contributed by atoms with E-state index >= 15 is 0 Å². The Hall–Kier alpha value is -1.12. The maximum atomic E-state index is 11.4. The highest BCUT2D eigenvalue weighted by molar-refractivity contribution is 6.40. The molecule has 5 N–H and O–H groups in total. The van der Waals surface area contributed by atoms with Gasteiger partial charge >= 0.3 is 13.1 Å². The Balaban J connectivity index is 0.00000163. The fourth-order valence-corrected chi connectivity index (χ4v) is 3.56. The summed E-state index contributed by atoms with van der Waals surface area (Å²) in [7, 11) is 0.199. The van der Waals surface area contributed by atoms with Gasteiger partial charge in [-0.05, 0) is 62.8 Å². The number of carbonyl (C=O) groups is 1. The second kappa shape index (κ2) is 12.3. The molecule has 1 fully saturated rings. The zero-order valence-electron chi connectivity index (χ0n) is 15.4. The van der Waals surface area contributed by atoms with Crippen LogP contribution in [0.2, 0.25) is 11.3 Å². The molecular formula is C18H30BClN2O4. The summed E-state index contributed by atoms with van der Waals surface area (Å²) >= 11 is 5.88. The number of likely N-dealkylation sites (tertiary alicyclic amines) is 1. The second-order valence-electron chi connectivity index (χ2n) is 6.61. The summed E-state index contributed by atoms with van der Waals surface area (Å²) in [5.74, 6) is -1.00. The van der Waals surface area contributed by atoms with Crippen LogP contribution in [0.4, 0.5) is 0 Å². The van der Waals surface area contributed by atoms with Gasteiger partial charge in [0.1, 0.15) is 0 Å². The molecule has 2 atom stereocenters. The lowest BCUT2D eigenvalue weighted by molar-refractivity contribution is -0.142. The summed E-state index contributed by atoms with van der Waals surface area (Å²) < 4.78 is 0. The Morgan fingerprint density at radius 3 is 2.46 bits per heavy atom. The minimum absolute atomic E-state index is 0.0942. The number of rotatable bonds is 9. The van der Waals surface area contributed by atoms with Crippen LogP contribution in [0, 0.1) is 11.8 Å². The predicted molar refractivity (Wildman–Crippen MR) is 105 cm³/mol. The number of aryl methyl sites for hydroxylation is 1. The number of nitrogens with two attached hydrogens (primary N) is 1. The van der Waals surface area contributed by atoms with Gasteiger partial charge < -0.3 is 25.8 Å². The first-order valence-corrected chi connectivity index (χ1v) is 9.47. The normalized spacial score (nSPS) is 19.7. The van der Waals surface area contributed by atoms with Crippen LogP contribution in [0.5, 0.6) is 0 Å². The molecule has 0 saturated carbocycles. The van der Waals surface area contributed by atoms with E-state index in [0.717, 1.165) is 37.4 Å². The standard InChI is InChI=1S/C17H25BClNO4.CH5N/c19-15-7-5-13(6-8-15)3-2-10-20-11-14(4-1-9-18(23)24)16(12-20)17(21)22;1-2/h5-8,14,16,23-24H,1-4,9-12H2,(H,21,22);2H2,1H3. The molecule has 1 saturated heterocycles. The second-order valence-corrected chi connectivity index (χ2v) is 7.04. The van der Waals surface area contributed by atoms with Crippen LogP contribution in [-0.4, -0.2) is 59.8 Å². The summed E-state index contributed by atoms with van der Waals surface area (Å²) in [6, 6.07) is 7.82. The molecule has 26 heavy (non-hydrogen) atoms. The Kier molecular flexibility index (Phi) is 10.8. The molecule has 1 aromatic carbocycles. The van der Waals surface area contributed by atoms with Gasteiger partial charge in [0, 0.05) is 18.1 Å². The molecule has 0 aromatic heterocycles. The molecule has 1 aromatic rings. The van der Waals surface area contributed by atoms with Gasteiger partial charge in [0.15, 0.2) is 0 Å². The van der Waals surface area contributed by atoms with E-state index in [2.05, 4.69) is 10.6 Å². The summed E-state index contributed by atoms with van der Waals surface area (Å²) in [6.45, 7) is 2.24. The third-order valence-corrected chi connectivity index (χ3v) is 4.98. The highest BCUT2D eigenvalue weighted by atomic mass is 35.5. The molecule has 8 heteroatoms. The number of hydrogen-bond donors (Lipinski definition) is 4. The third kappa shape index (κ3) is 8.06. The van der Waals surface area contributed by atoms with Gasteiger partial charge in [0.2, 0.25) is 0 Å². The maximum absolute atomic E-state index is 11.4. The van der Waals surface area contributed by atoms with Gasteiger partial charge in [-0.1, -0.05) is 30.2 Å². The van der Waals surface area contributed by atoms with Crippen LogP contribution in [0.25, 0.3) is 0 Å². The Labute approximate surface area is 161 Å². The lowest BCUT2D eigenvalue weighted by Gasteiger charge is -2.15. The quantitative estimate of drug-likeness (QED) is 0.483. The van der Waals surface area contributed by atoms with E-state index in [1.54, 1.807) is 0 Å². The summed E-state index contributed by atoms with van der Waals surface area (Å²) in [4.78, 5) is 13.7. The number of nitrogens with zero attached hydrogens (tertiary/aromatic N) is 1. The minimum atomic E-state index is -1.30.